The van der Waals surface area contributed by atoms with Crippen molar-refractivity contribution in [3.8, 4) is 0 Å². The summed E-state index contributed by atoms with van der Waals surface area (Å²) in [6, 6.07) is 0. The van der Waals surface area contributed by atoms with Crippen molar-refractivity contribution in [3.63, 3.8) is 0 Å². The van der Waals surface area contributed by atoms with Crippen LogP contribution in [0.15, 0.2) is 0 Å². The molecular weight excluding hydrogens is 244 g/mol. The lowest BCUT2D eigenvalue weighted by atomic mass is 9.74. The van der Waals surface area contributed by atoms with E-state index in [2.05, 4.69) is 20.8 Å². The summed E-state index contributed by atoms with van der Waals surface area (Å²) in [4.78, 5) is 12.6. The highest BCUT2D eigenvalue weighted by Crippen LogP contribution is 2.42. The van der Waals surface area contributed by atoms with Crippen LogP contribution in [-0.4, -0.2) is 5.78 Å². The predicted molar refractivity (Wildman–Crippen MR) is 88.0 cm³/mol. The van der Waals surface area contributed by atoms with Crippen LogP contribution in [0.25, 0.3) is 0 Å². The van der Waals surface area contributed by atoms with E-state index < -0.39 is 0 Å². The number of ketones is 1. The van der Waals surface area contributed by atoms with Crippen LogP contribution in [0, 0.1) is 11.3 Å². The van der Waals surface area contributed by atoms with Crippen molar-refractivity contribution in [1.82, 2.24) is 0 Å². The quantitative estimate of drug-likeness (QED) is 0.362. The number of hydrogen-bond acceptors (Lipinski definition) is 1. The summed E-state index contributed by atoms with van der Waals surface area (Å²) in [5.41, 5.74) is 0.00111. The van der Waals surface area contributed by atoms with Gasteiger partial charge in [0.05, 0.1) is 0 Å². The summed E-state index contributed by atoms with van der Waals surface area (Å²) >= 11 is 0. The molecule has 1 atom stereocenters. The number of hydrogen-bond donors (Lipinski definition) is 0. The molecular formula is C19H36O. The highest BCUT2D eigenvalue weighted by molar-refractivity contribution is 5.88. The van der Waals surface area contributed by atoms with E-state index >= 15 is 0 Å². The predicted octanol–water partition coefficient (Wildman–Crippen LogP) is 6.30. The smallest absolute Gasteiger partial charge is 0.141 e. The summed E-state index contributed by atoms with van der Waals surface area (Å²) < 4.78 is 0. The Bertz CT molecular complexity index is 267. The molecule has 1 saturated carbocycles. The molecule has 0 heterocycles. The molecule has 0 saturated heterocycles. The van der Waals surface area contributed by atoms with Gasteiger partial charge in [0.1, 0.15) is 5.78 Å². The molecule has 0 aliphatic heterocycles. The van der Waals surface area contributed by atoms with Crippen molar-refractivity contribution in [2.24, 2.45) is 11.3 Å². The molecule has 118 valence electrons. The van der Waals surface area contributed by atoms with Gasteiger partial charge in [-0.25, -0.2) is 0 Å². The van der Waals surface area contributed by atoms with E-state index in [0.29, 0.717) is 11.7 Å². The maximum atomic E-state index is 12.6. The topological polar surface area (TPSA) is 17.1 Å². The molecule has 0 aromatic rings. The summed E-state index contributed by atoms with van der Waals surface area (Å²) in [6.07, 6.45) is 16.3. The van der Waals surface area contributed by atoms with E-state index in [1.807, 2.05) is 0 Å². The second-order valence-corrected chi connectivity index (χ2v) is 7.17. The van der Waals surface area contributed by atoms with Crippen molar-refractivity contribution in [2.45, 2.75) is 104 Å². The summed E-state index contributed by atoms with van der Waals surface area (Å²) in [7, 11) is 0. The molecule has 1 unspecified atom stereocenters. The van der Waals surface area contributed by atoms with Gasteiger partial charge in [0.25, 0.3) is 0 Å². The first kappa shape index (κ1) is 17.7. The molecule has 1 aliphatic rings. The van der Waals surface area contributed by atoms with Gasteiger partial charge in [-0.3, -0.25) is 4.79 Å². The maximum absolute atomic E-state index is 12.6. The van der Waals surface area contributed by atoms with E-state index in [0.717, 1.165) is 12.8 Å². The summed E-state index contributed by atoms with van der Waals surface area (Å²) in [5, 5.41) is 0. The Morgan fingerprint density at radius 3 is 1.75 bits per heavy atom. The molecule has 0 amide bonds. The Labute approximate surface area is 126 Å². The van der Waals surface area contributed by atoms with Crippen LogP contribution in [-0.2, 0) is 4.79 Å². The molecule has 0 aromatic heterocycles. The lowest BCUT2D eigenvalue weighted by Crippen LogP contribution is -2.29. The summed E-state index contributed by atoms with van der Waals surface area (Å²) in [5.74, 6) is 1.03. The van der Waals surface area contributed by atoms with Gasteiger partial charge >= 0.3 is 0 Å². The summed E-state index contributed by atoms with van der Waals surface area (Å²) in [6.45, 7) is 6.77. The molecule has 1 rings (SSSR count). The third-order valence-electron chi connectivity index (χ3n) is 4.96. The van der Waals surface area contributed by atoms with Crippen LogP contribution in [0.2, 0.25) is 0 Å². The number of carbonyl (C=O) groups is 1. The molecule has 0 aromatic carbocycles. The van der Waals surface area contributed by atoms with Gasteiger partial charge in [-0.15, -0.1) is 0 Å². The van der Waals surface area contributed by atoms with Crippen LogP contribution in [0.1, 0.15) is 104 Å². The van der Waals surface area contributed by atoms with Gasteiger partial charge in [0.15, 0.2) is 0 Å². The average molecular weight is 280 g/mol. The Morgan fingerprint density at radius 1 is 0.850 bits per heavy atom. The molecule has 0 N–H and O–H groups in total. The first-order valence-corrected chi connectivity index (χ1v) is 9.18. The van der Waals surface area contributed by atoms with Crippen molar-refractivity contribution in [1.29, 1.82) is 0 Å². The molecule has 0 radical (unpaired) electrons. The highest BCUT2D eigenvalue weighted by Gasteiger charge is 2.41. The van der Waals surface area contributed by atoms with Crippen molar-refractivity contribution in [3.05, 3.63) is 0 Å². The number of carbonyl (C=O) groups excluding carboxylic acids is 1. The first-order valence-electron chi connectivity index (χ1n) is 9.18. The molecule has 20 heavy (non-hydrogen) atoms. The second kappa shape index (κ2) is 9.58. The molecule has 1 nitrogen and oxygen atoms in total. The van der Waals surface area contributed by atoms with Crippen LogP contribution >= 0.6 is 0 Å². The zero-order chi connectivity index (χ0) is 14.8. The first-order chi connectivity index (χ1) is 9.64. The van der Waals surface area contributed by atoms with Crippen molar-refractivity contribution in [2.75, 3.05) is 0 Å². The molecule has 1 fully saturated rings. The van der Waals surface area contributed by atoms with E-state index in [1.165, 1.54) is 70.6 Å². The Morgan fingerprint density at radius 2 is 1.30 bits per heavy atom. The minimum atomic E-state index is 0.00111. The van der Waals surface area contributed by atoms with Gasteiger partial charge in [0.2, 0.25) is 0 Å². The van der Waals surface area contributed by atoms with E-state index in [1.54, 1.807) is 0 Å². The highest BCUT2D eigenvalue weighted by atomic mass is 16.1. The fourth-order valence-corrected chi connectivity index (χ4v) is 3.27. The van der Waals surface area contributed by atoms with E-state index in [-0.39, 0.29) is 5.41 Å². The maximum Gasteiger partial charge on any atom is 0.141 e. The SMILES string of the molecule is CCCCCCCC(C)(CCCCCC)C(=O)C1CC1. The number of unbranched alkanes of at least 4 members (excludes halogenated alkanes) is 7. The fraction of sp³-hybridized carbons (Fsp3) is 0.947. The van der Waals surface area contributed by atoms with Crippen LogP contribution in [0.3, 0.4) is 0 Å². The Balaban J connectivity index is 2.35. The zero-order valence-electron chi connectivity index (χ0n) is 14.2. The van der Waals surface area contributed by atoms with E-state index in [9.17, 15) is 4.79 Å². The van der Waals surface area contributed by atoms with Gasteiger partial charge < -0.3 is 0 Å². The van der Waals surface area contributed by atoms with Crippen LogP contribution < -0.4 is 0 Å². The van der Waals surface area contributed by atoms with Gasteiger partial charge in [-0.2, -0.15) is 0 Å². The average Bonchev–Trinajstić information content (AvgIpc) is 3.27. The lowest BCUT2D eigenvalue weighted by molar-refractivity contribution is -0.130. The van der Waals surface area contributed by atoms with Crippen LogP contribution in [0.4, 0.5) is 0 Å². The lowest BCUT2D eigenvalue weighted by Gasteiger charge is -2.28. The molecule has 0 bridgehead atoms. The van der Waals surface area contributed by atoms with Gasteiger partial charge in [-0.05, 0) is 25.7 Å². The third kappa shape index (κ3) is 6.41. The monoisotopic (exact) mass is 280 g/mol. The minimum absolute atomic E-state index is 0.00111. The third-order valence-corrected chi connectivity index (χ3v) is 4.96. The number of rotatable bonds is 13. The second-order valence-electron chi connectivity index (χ2n) is 7.17. The Kier molecular flexibility index (Phi) is 8.49. The number of Topliss-reactive ketones (excluding diaryl/α,β-unsaturated/α-hetero) is 1. The van der Waals surface area contributed by atoms with Gasteiger partial charge in [-0.1, -0.05) is 78.6 Å². The van der Waals surface area contributed by atoms with Gasteiger partial charge in [0, 0.05) is 11.3 Å². The van der Waals surface area contributed by atoms with Crippen LogP contribution in [0.5, 0.6) is 0 Å². The molecule has 1 heteroatoms. The normalized spacial score (nSPS) is 17.9. The van der Waals surface area contributed by atoms with Crippen molar-refractivity contribution >= 4 is 5.78 Å². The minimum Gasteiger partial charge on any atom is -0.299 e. The molecule has 1 aliphatic carbocycles. The molecule has 0 spiro atoms. The van der Waals surface area contributed by atoms with Crippen molar-refractivity contribution < 1.29 is 4.79 Å². The Hall–Kier alpha value is -0.330. The zero-order valence-corrected chi connectivity index (χ0v) is 14.2. The van der Waals surface area contributed by atoms with E-state index in [4.69, 9.17) is 0 Å². The fourth-order valence-electron chi connectivity index (χ4n) is 3.27. The largest absolute Gasteiger partial charge is 0.299 e. The standard InChI is InChI=1S/C19H36O/c1-4-6-8-10-12-16-19(3,15-11-9-7-5-2)18(20)17-13-14-17/h17H,4-16H2,1-3H3.